The molecule has 1 saturated heterocycles. The summed E-state index contributed by atoms with van der Waals surface area (Å²) in [6.45, 7) is 2.15. The summed E-state index contributed by atoms with van der Waals surface area (Å²) in [5.74, 6) is 1.35. The third kappa shape index (κ3) is 2.76. The van der Waals surface area contributed by atoms with Gasteiger partial charge < -0.3 is 15.0 Å². The monoisotopic (exact) mass is 341 g/mol. The van der Waals surface area contributed by atoms with Gasteiger partial charge in [-0.2, -0.15) is 0 Å². The fraction of sp³-hybridized carbons (Fsp3) is 0.316. The Bertz CT molecular complexity index is 868. The number of hydrogen-bond donors (Lipinski definition) is 2. The lowest BCUT2D eigenvalue weighted by Crippen LogP contribution is -2.26. The fourth-order valence-electron chi connectivity index (χ4n) is 3.52. The van der Waals surface area contributed by atoms with E-state index in [0.717, 1.165) is 53.8 Å². The maximum absolute atomic E-state index is 6.10. The van der Waals surface area contributed by atoms with Crippen molar-refractivity contribution in [2.75, 3.05) is 20.2 Å². The smallest absolute Gasteiger partial charge is 0.138 e. The van der Waals surface area contributed by atoms with E-state index in [1.54, 1.807) is 7.11 Å². The van der Waals surface area contributed by atoms with Gasteiger partial charge in [0.15, 0.2) is 0 Å². The summed E-state index contributed by atoms with van der Waals surface area (Å²) >= 11 is 6.10. The third-order valence-corrected chi connectivity index (χ3v) is 5.02. The number of hydrogen-bond acceptors (Lipinski definition) is 3. The number of methoxy groups -OCH3 is 1. The van der Waals surface area contributed by atoms with Crippen molar-refractivity contribution in [1.29, 1.82) is 0 Å². The molecule has 24 heavy (non-hydrogen) atoms. The van der Waals surface area contributed by atoms with Gasteiger partial charge in [-0.05, 0) is 61.8 Å². The SMILES string of the molecule is COc1cc(Cl)ccc1-c1ccnc2[nH]c(C3CCNCC3)cc12. The highest BCUT2D eigenvalue weighted by Crippen LogP contribution is 2.37. The number of pyridine rings is 1. The molecule has 4 rings (SSSR count). The van der Waals surface area contributed by atoms with Gasteiger partial charge in [0.25, 0.3) is 0 Å². The van der Waals surface area contributed by atoms with Crippen LogP contribution in [0.4, 0.5) is 0 Å². The topological polar surface area (TPSA) is 49.9 Å². The Balaban J connectivity index is 1.83. The Morgan fingerprint density at radius 3 is 2.75 bits per heavy atom. The number of nitrogens with one attached hydrogen (secondary N) is 2. The number of fused-ring (bicyclic) bond motifs is 1. The normalized spacial score (nSPS) is 15.8. The second kappa shape index (κ2) is 6.46. The van der Waals surface area contributed by atoms with E-state index in [1.165, 1.54) is 5.69 Å². The Hall–Kier alpha value is -2.04. The minimum Gasteiger partial charge on any atom is -0.496 e. The van der Waals surface area contributed by atoms with Crippen molar-refractivity contribution >= 4 is 22.6 Å². The van der Waals surface area contributed by atoms with Gasteiger partial charge in [0, 0.05) is 33.8 Å². The third-order valence-electron chi connectivity index (χ3n) is 4.79. The fourth-order valence-corrected chi connectivity index (χ4v) is 3.68. The maximum Gasteiger partial charge on any atom is 0.138 e. The number of halogens is 1. The standard InChI is InChI=1S/C19H20ClN3O/c1-24-18-10-13(20)2-3-15(18)14-6-9-22-19-16(14)11-17(23-19)12-4-7-21-8-5-12/h2-3,6,9-12,21H,4-5,7-8H2,1H3,(H,22,23). The molecule has 124 valence electrons. The second-order valence-corrected chi connectivity index (χ2v) is 6.65. The molecule has 4 nitrogen and oxygen atoms in total. The summed E-state index contributed by atoms with van der Waals surface area (Å²) < 4.78 is 5.53. The van der Waals surface area contributed by atoms with E-state index in [9.17, 15) is 0 Å². The molecule has 0 spiro atoms. The summed E-state index contributed by atoms with van der Waals surface area (Å²) in [5.41, 5.74) is 4.35. The van der Waals surface area contributed by atoms with Gasteiger partial charge in [-0.1, -0.05) is 11.6 Å². The van der Waals surface area contributed by atoms with Gasteiger partial charge >= 0.3 is 0 Å². The molecule has 3 heterocycles. The molecule has 3 aromatic rings. The molecule has 2 N–H and O–H groups in total. The molecule has 2 aromatic heterocycles. The Morgan fingerprint density at radius 2 is 1.96 bits per heavy atom. The highest BCUT2D eigenvalue weighted by molar-refractivity contribution is 6.30. The maximum atomic E-state index is 6.10. The highest BCUT2D eigenvalue weighted by atomic mass is 35.5. The van der Waals surface area contributed by atoms with Crippen molar-refractivity contribution in [2.45, 2.75) is 18.8 Å². The first-order valence-corrected chi connectivity index (χ1v) is 8.66. The minimum atomic E-state index is 0.570. The molecule has 5 heteroatoms. The molecule has 0 atom stereocenters. The average Bonchev–Trinajstić information content (AvgIpc) is 3.07. The van der Waals surface area contributed by atoms with Crippen LogP contribution in [0.1, 0.15) is 24.5 Å². The number of rotatable bonds is 3. The largest absolute Gasteiger partial charge is 0.496 e. The first kappa shape index (κ1) is 15.5. The van der Waals surface area contributed by atoms with E-state index in [1.807, 2.05) is 30.5 Å². The quantitative estimate of drug-likeness (QED) is 0.744. The Labute approximate surface area is 146 Å². The van der Waals surface area contributed by atoms with Crippen LogP contribution in [0.3, 0.4) is 0 Å². The van der Waals surface area contributed by atoms with Crippen LogP contribution in [0.5, 0.6) is 5.75 Å². The lowest BCUT2D eigenvalue weighted by molar-refractivity contribution is 0.416. The minimum absolute atomic E-state index is 0.570. The number of ether oxygens (including phenoxy) is 1. The number of nitrogens with zero attached hydrogens (tertiary/aromatic N) is 1. The lowest BCUT2D eigenvalue weighted by atomic mass is 9.94. The number of H-pyrrole nitrogens is 1. The molecule has 0 saturated carbocycles. The van der Waals surface area contributed by atoms with Gasteiger partial charge in [0.1, 0.15) is 11.4 Å². The van der Waals surface area contributed by atoms with Gasteiger partial charge in [-0.25, -0.2) is 4.98 Å². The van der Waals surface area contributed by atoms with Crippen LogP contribution in [0, 0.1) is 0 Å². The number of benzene rings is 1. The molecule has 1 aliphatic heterocycles. The van der Waals surface area contributed by atoms with E-state index in [4.69, 9.17) is 16.3 Å². The lowest BCUT2D eigenvalue weighted by Gasteiger charge is -2.21. The molecule has 0 unspecified atom stereocenters. The highest BCUT2D eigenvalue weighted by Gasteiger charge is 2.19. The van der Waals surface area contributed by atoms with E-state index in [2.05, 4.69) is 21.4 Å². The van der Waals surface area contributed by atoms with Gasteiger partial charge in [0.2, 0.25) is 0 Å². The summed E-state index contributed by atoms with van der Waals surface area (Å²) in [6.07, 6.45) is 4.16. The van der Waals surface area contributed by atoms with Crippen molar-refractivity contribution in [3.05, 3.63) is 47.2 Å². The van der Waals surface area contributed by atoms with Crippen LogP contribution < -0.4 is 10.1 Å². The van der Waals surface area contributed by atoms with Gasteiger partial charge in [-0.3, -0.25) is 0 Å². The molecule has 1 aromatic carbocycles. The molecule has 1 aliphatic rings. The predicted octanol–water partition coefficient (Wildman–Crippen LogP) is 4.36. The van der Waals surface area contributed by atoms with E-state index >= 15 is 0 Å². The zero-order chi connectivity index (χ0) is 16.5. The molecule has 1 fully saturated rings. The van der Waals surface area contributed by atoms with Crippen molar-refractivity contribution in [2.24, 2.45) is 0 Å². The molecule has 0 bridgehead atoms. The first-order chi connectivity index (χ1) is 11.8. The molecule has 0 amide bonds. The molecule has 0 radical (unpaired) electrons. The molecule has 0 aliphatic carbocycles. The van der Waals surface area contributed by atoms with Gasteiger partial charge in [-0.15, -0.1) is 0 Å². The zero-order valence-corrected chi connectivity index (χ0v) is 14.4. The van der Waals surface area contributed by atoms with Gasteiger partial charge in [0.05, 0.1) is 7.11 Å². The van der Waals surface area contributed by atoms with Crippen LogP contribution in [0.2, 0.25) is 5.02 Å². The van der Waals surface area contributed by atoms with Crippen LogP contribution in [-0.2, 0) is 0 Å². The predicted molar refractivity (Wildman–Crippen MR) is 97.9 cm³/mol. The number of aromatic nitrogens is 2. The van der Waals surface area contributed by atoms with Crippen LogP contribution in [-0.4, -0.2) is 30.2 Å². The summed E-state index contributed by atoms with van der Waals surface area (Å²) in [5, 5.41) is 5.22. The van der Waals surface area contributed by atoms with Crippen molar-refractivity contribution in [3.8, 4) is 16.9 Å². The Kier molecular flexibility index (Phi) is 4.17. The number of aromatic amines is 1. The summed E-state index contributed by atoms with van der Waals surface area (Å²) in [6, 6.07) is 10.0. The van der Waals surface area contributed by atoms with Crippen molar-refractivity contribution in [3.63, 3.8) is 0 Å². The number of piperidine rings is 1. The summed E-state index contributed by atoms with van der Waals surface area (Å²) in [4.78, 5) is 8.04. The average molecular weight is 342 g/mol. The van der Waals surface area contributed by atoms with Crippen LogP contribution in [0.15, 0.2) is 36.5 Å². The molecular weight excluding hydrogens is 322 g/mol. The van der Waals surface area contributed by atoms with E-state index in [0.29, 0.717) is 10.9 Å². The van der Waals surface area contributed by atoms with Crippen LogP contribution in [0.25, 0.3) is 22.2 Å². The van der Waals surface area contributed by atoms with E-state index in [-0.39, 0.29) is 0 Å². The van der Waals surface area contributed by atoms with Crippen molar-refractivity contribution < 1.29 is 4.74 Å². The van der Waals surface area contributed by atoms with E-state index < -0.39 is 0 Å². The Morgan fingerprint density at radius 1 is 1.12 bits per heavy atom. The van der Waals surface area contributed by atoms with Crippen molar-refractivity contribution in [1.82, 2.24) is 15.3 Å². The summed E-state index contributed by atoms with van der Waals surface area (Å²) in [7, 11) is 1.67. The zero-order valence-electron chi connectivity index (χ0n) is 13.6. The van der Waals surface area contributed by atoms with Crippen LogP contribution >= 0.6 is 11.6 Å². The second-order valence-electron chi connectivity index (χ2n) is 6.21. The first-order valence-electron chi connectivity index (χ1n) is 8.28. The molecular formula is C19H20ClN3O.